The minimum atomic E-state index is -4.39. The van der Waals surface area contributed by atoms with Gasteiger partial charge in [-0.05, 0) is 18.2 Å². The molecule has 0 saturated heterocycles. The van der Waals surface area contributed by atoms with E-state index < -0.39 is 11.7 Å². The summed E-state index contributed by atoms with van der Waals surface area (Å²) in [7, 11) is 1.36. The van der Waals surface area contributed by atoms with Crippen LogP contribution in [0, 0.1) is 0 Å². The molecule has 0 heterocycles. The molecule has 2 nitrogen and oxygen atoms in total. The molecule has 0 amide bonds. The van der Waals surface area contributed by atoms with E-state index in [1.807, 2.05) is 0 Å². The fraction of sp³-hybridized carbons (Fsp3) is 0.200. The number of benzene rings is 1. The molecule has 0 spiro atoms. The van der Waals surface area contributed by atoms with E-state index in [1.165, 1.54) is 24.8 Å². The Morgan fingerprint density at radius 2 is 2.06 bits per heavy atom. The Hall–Kier alpha value is -1.43. The Balaban J connectivity index is 3.21. The zero-order valence-electron chi connectivity index (χ0n) is 8.28. The van der Waals surface area contributed by atoms with Crippen molar-refractivity contribution in [3.8, 4) is 5.75 Å². The minimum Gasteiger partial charge on any atom is -0.494 e. The van der Waals surface area contributed by atoms with Gasteiger partial charge in [0.25, 0.3) is 0 Å². The van der Waals surface area contributed by atoms with Crippen LogP contribution in [-0.4, -0.2) is 18.7 Å². The van der Waals surface area contributed by atoms with Crippen LogP contribution < -0.4 is 4.74 Å². The number of thiocarbonyl (C=S) groups is 1. The van der Waals surface area contributed by atoms with Gasteiger partial charge < -0.3 is 4.74 Å². The Kier molecular flexibility index (Phi) is 4.00. The van der Waals surface area contributed by atoms with Gasteiger partial charge in [0.15, 0.2) is 0 Å². The van der Waals surface area contributed by atoms with Gasteiger partial charge in [-0.3, -0.25) is 4.99 Å². The molecule has 0 aliphatic heterocycles. The van der Waals surface area contributed by atoms with Crippen LogP contribution in [-0.2, 0) is 6.18 Å². The molecule has 0 unspecified atom stereocenters. The molecule has 86 valence electrons. The molecule has 1 rings (SSSR count). The lowest BCUT2D eigenvalue weighted by molar-refractivity contribution is -0.137. The van der Waals surface area contributed by atoms with Gasteiger partial charge in [0.05, 0.1) is 12.7 Å². The SMILES string of the molecule is COc1ccc(C(F)(F)F)cc1N=CC=S. The molecule has 0 aliphatic rings. The minimum absolute atomic E-state index is 0.0958. The molecule has 0 aromatic heterocycles. The Morgan fingerprint density at radius 1 is 1.38 bits per heavy atom. The predicted octanol–water partition coefficient (Wildman–Crippen LogP) is 3.42. The van der Waals surface area contributed by atoms with Crippen LogP contribution in [0.4, 0.5) is 18.9 Å². The quantitative estimate of drug-likeness (QED) is 0.603. The van der Waals surface area contributed by atoms with Gasteiger partial charge in [0, 0.05) is 11.6 Å². The van der Waals surface area contributed by atoms with Crippen LogP contribution in [0.15, 0.2) is 23.2 Å². The molecule has 0 N–H and O–H groups in total. The van der Waals surface area contributed by atoms with E-state index in [2.05, 4.69) is 17.2 Å². The maximum Gasteiger partial charge on any atom is 0.416 e. The van der Waals surface area contributed by atoms with Crippen molar-refractivity contribution < 1.29 is 17.9 Å². The summed E-state index contributed by atoms with van der Waals surface area (Å²) in [5.74, 6) is 0.265. The highest BCUT2D eigenvalue weighted by atomic mass is 32.1. The molecule has 0 fully saturated rings. The standard InChI is InChI=1S/C10H8F3NOS/c1-15-9-3-2-7(10(11,12)13)6-8(9)14-4-5-16/h2-6H,1H3. The zero-order chi connectivity index (χ0) is 12.2. The fourth-order valence-corrected chi connectivity index (χ4v) is 1.14. The van der Waals surface area contributed by atoms with Crippen molar-refractivity contribution in [3.63, 3.8) is 0 Å². The van der Waals surface area contributed by atoms with E-state index in [0.29, 0.717) is 0 Å². The number of hydrogen-bond donors (Lipinski definition) is 0. The lowest BCUT2D eigenvalue weighted by Crippen LogP contribution is -2.04. The Morgan fingerprint density at radius 3 is 2.56 bits per heavy atom. The lowest BCUT2D eigenvalue weighted by Gasteiger charge is -2.09. The summed E-state index contributed by atoms with van der Waals surface area (Å²) in [5, 5.41) is 1.21. The van der Waals surface area contributed by atoms with E-state index in [1.54, 1.807) is 0 Å². The second kappa shape index (κ2) is 5.07. The number of aliphatic imine (C=N–C) groups is 1. The van der Waals surface area contributed by atoms with Crippen molar-refractivity contribution in [2.75, 3.05) is 7.11 Å². The number of ether oxygens (including phenoxy) is 1. The summed E-state index contributed by atoms with van der Waals surface area (Å²) < 4.78 is 42.1. The van der Waals surface area contributed by atoms with Crippen LogP contribution in [0.2, 0.25) is 0 Å². The number of rotatable bonds is 3. The number of alkyl halides is 3. The largest absolute Gasteiger partial charge is 0.494 e. The van der Waals surface area contributed by atoms with Gasteiger partial charge >= 0.3 is 6.18 Å². The topological polar surface area (TPSA) is 21.6 Å². The van der Waals surface area contributed by atoms with Gasteiger partial charge in [-0.1, -0.05) is 12.2 Å². The highest BCUT2D eigenvalue weighted by Crippen LogP contribution is 2.35. The molecule has 0 saturated carbocycles. The van der Waals surface area contributed by atoms with Crippen molar-refractivity contribution in [3.05, 3.63) is 23.8 Å². The van der Waals surface area contributed by atoms with Crippen LogP contribution >= 0.6 is 12.2 Å². The molecule has 16 heavy (non-hydrogen) atoms. The normalized spacial score (nSPS) is 11.8. The van der Waals surface area contributed by atoms with E-state index in [0.717, 1.165) is 12.1 Å². The third-order valence-corrected chi connectivity index (χ3v) is 1.90. The molecular weight excluding hydrogens is 239 g/mol. The average molecular weight is 247 g/mol. The first-order chi connectivity index (χ1) is 7.49. The number of hydrogen-bond acceptors (Lipinski definition) is 3. The molecule has 0 aliphatic carbocycles. The summed E-state index contributed by atoms with van der Waals surface area (Å²) in [5.41, 5.74) is -0.678. The second-order valence-corrected chi connectivity index (χ2v) is 3.07. The predicted molar refractivity (Wildman–Crippen MR) is 59.8 cm³/mol. The molecule has 0 radical (unpaired) electrons. The monoisotopic (exact) mass is 247 g/mol. The number of nitrogens with zero attached hydrogens (tertiary/aromatic N) is 1. The van der Waals surface area contributed by atoms with Crippen LogP contribution in [0.5, 0.6) is 5.75 Å². The summed E-state index contributed by atoms with van der Waals surface area (Å²) >= 11 is 4.50. The molecule has 1 aromatic carbocycles. The lowest BCUT2D eigenvalue weighted by atomic mass is 10.2. The van der Waals surface area contributed by atoms with Gasteiger partial charge in [-0.25, -0.2) is 0 Å². The Bertz CT molecular complexity index is 415. The Labute approximate surface area is 95.8 Å². The van der Waals surface area contributed by atoms with Crippen molar-refractivity contribution >= 4 is 29.5 Å². The zero-order valence-corrected chi connectivity index (χ0v) is 9.10. The third kappa shape index (κ3) is 3.03. The fourth-order valence-electron chi connectivity index (χ4n) is 1.08. The van der Waals surface area contributed by atoms with Crippen molar-refractivity contribution in [1.82, 2.24) is 0 Å². The van der Waals surface area contributed by atoms with Crippen LogP contribution in [0.1, 0.15) is 5.56 Å². The van der Waals surface area contributed by atoms with E-state index in [-0.39, 0.29) is 11.4 Å². The van der Waals surface area contributed by atoms with Crippen molar-refractivity contribution in [1.29, 1.82) is 0 Å². The smallest absolute Gasteiger partial charge is 0.416 e. The second-order valence-electron chi connectivity index (χ2n) is 2.80. The molecule has 0 bridgehead atoms. The number of halogens is 3. The highest BCUT2D eigenvalue weighted by Gasteiger charge is 2.31. The maximum atomic E-state index is 12.4. The van der Waals surface area contributed by atoms with Crippen LogP contribution in [0.3, 0.4) is 0 Å². The molecule has 1 aromatic rings. The highest BCUT2D eigenvalue weighted by molar-refractivity contribution is 7.80. The summed E-state index contributed by atoms with van der Waals surface area (Å²) in [4.78, 5) is 3.76. The summed E-state index contributed by atoms with van der Waals surface area (Å²) in [6.07, 6.45) is -3.17. The summed E-state index contributed by atoms with van der Waals surface area (Å²) in [6, 6.07) is 3.07. The first kappa shape index (κ1) is 12.6. The molecule has 6 heteroatoms. The van der Waals surface area contributed by atoms with E-state index >= 15 is 0 Å². The third-order valence-electron chi connectivity index (χ3n) is 1.78. The van der Waals surface area contributed by atoms with Gasteiger partial charge in [-0.15, -0.1) is 0 Å². The van der Waals surface area contributed by atoms with Gasteiger partial charge in [-0.2, -0.15) is 13.2 Å². The number of methoxy groups -OCH3 is 1. The van der Waals surface area contributed by atoms with E-state index in [4.69, 9.17) is 4.74 Å². The first-order valence-electron chi connectivity index (χ1n) is 4.22. The molecular formula is C10H8F3NOS. The molecule has 0 atom stereocenters. The van der Waals surface area contributed by atoms with Gasteiger partial charge in [0.2, 0.25) is 0 Å². The van der Waals surface area contributed by atoms with Gasteiger partial charge in [0.1, 0.15) is 11.4 Å². The van der Waals surface area contributed by atoms with Crippen LogP contribution in [0.25, 0.3) is 0 Å². The van der Waals surface area contributed by atoms with E-state index in [9.17, 15) is 13.2 Å². The summed E-state index contributed by atoms with van der Waals surface area (Å²) in [6.45, 7) is 0. The first-order valence-corrected chi connectivity index (χ1v) is 4.69. The average Bonchev–Trinajstić information content (AvgIpc) is 2.24. The van der Waals surface area contributed by atoms with Crippen molar-refractivity contribution in [2.45, 2.75) is 6.18 Å². The maximum absolute atomic E-state index is 12.4. The van der Waals surface area contributed by atoms with Crippen molar-refractivity contribution in [2.24, 2.45) is 4.99 Å².